The number of aromatic nitrogens is 2. The number of hydrogen-bond acceptors (Lipinski definition) is 5. The van der Waals surface area contributed by atoms with Gasteiger partial charge in [-0.2, -0.15) is 13.2 Å². The lowest BCUT2D eigenvalue weighted by molar-refractivity contribution is -0.137. The number of carbonyl (C=O) groups excluding carboxylic acids is 1. The van der Waals surface area contributed by atoms with Gasteiger partial charge in [0.05, 0.1) is 30.0 Å². The molecule has 0 fully saturated rings. The Hall–Kier alpha value is -3.42. The van der Waals surface area contributed by atoms with E-state index in [1.807, 2.05) is 24.3 Å². The molecule has 3 aromatic rings. The fourth-order valence-corrected chi connectivity index (χ4v) is 3.26. The predicted molar refractivity (Wildman–Crippen MR) is 116 cm³/mol. The number of nitrogens with one attached hydrogen (secondary N) is 1. The average molecular weight is 443 g/mol. The molecule has 8 heteroatoms. The lowest BCUT2D eigenvalue weighted by Gasteiger charge is -2.22. The van der Waals surface area contributed by atoms with Crippen molar-refractivity contribution in [2.75, 3.05) is 12.4 Å². The number of rotatable bonds is 7. The summed E-state index contributed by atoms with van der Waals surface area (Å²) in [4.78, 5) is 19.8. The van der Waals surface area contributed by atoms with Gasteiger partial charge in [0.15, 0.2) is 0 Å². The monoisotopic (exact) mass is 443 g/mol. The SMILES string of the molecule is COC(=O)c1ccc(N[C@@H](CC(C)C)c2ccc(-c3ccc(C(F)(F)F)cn3)cc2)nc1. The maximum Gasteiger partial charge on any atom is 0.417 e. The Labute approximate surface area is 184 Å². The van der Waals surface area contributed by atoms with Crippen molar-refractivity contribution in [2.45, 2.75) is 32.5 Å². The maximum absolute atomic E-state index is 12.8. The van der Waals surface area contributed by atoms with Gasteiger partial charge in [-0.25, -0.2) is 9.78 Å². The van der Waals surface area contributed by atoms with E-state index in [9.17, 15) is 18.0 Å². The summed E-state index contributed by atoms with van der Waals surface area (Å²) >= 11 is 0. The van der Waals surface area contributed by atoms with Crippen LogP contribution in [0.4, 0.5) is 19.0 Å². The molecule has 1 N–H and O–H groups in total. The van der Waals surface area contributed by atoms with E-state index in [2.05, 4.69) is 33.9 Å². The normalized spacial score (nSPS) is 12.5. The zero-order valence-corrected chi connectivity index (χ0v) is 18.0. The summed E-state index contributed by atoms with van der Waals surface area (Å²) in [6.45, 7) is 4.23. The van der Waals surface area contributed by atoms with Crippen LogP contribution in [0.5, 0.6) is 0 Å². The average Bonchev–Trinajstić information content (AvgIpc) is 2.78. The molecule has 1 aromatic carbocycles. The van der Waals surface area contributed by atoms with Gasteiger partial charge in [0.2, 0.25) is 0 Å². The molecule has 3 rings (SSSR count). The molecule has 0 aliphatic heterocycles. The molecule has 0 aliphatic rings. The first-order valence-electron chi connectivity index (χ1n) is 10.1. The van der Waals surface area contributed by atoms with Crippen molar-refractivity contribution in [3.63, 3.8) is 0 Å². The first-order valence-corrected chi connectivity index (χ1v) is 10.1. The molecule has 0 saturated heterocycles. The third-order valence-electron chi connectivity index (χ3n) is 4.91. The number of esters is 1. The lowest BCUT2D eigenvalue weighted by Crippen LogP contribution is -2.14. The number of methoxy groups -OCH3 is 1. The van der Waals surface area contributed by atoms with Gasteiger partial charge in [0.25, 0.3) is 0 Å². The van der Waals surface area contributed by atoms with Gasteiger partial charge in [-0.15, -0.1) is 0 Å². The van der Waals surface area contributed by atoms with Crippen molar-refractivity contribution in [1.82, 2.24) is 9.97 Å². The summed E-state index contributed by atoms with van der Waals surface area (Å²) in [5.41, 5.74) is 1.80. The van der Waals surface area contributed by atoms with E-state index in [-0.39, 0.29) is 6.04 Å². The van der Waals surface area contributed by atoms with Crippen LogP contribution in [0.25, 0.3) is 11.3 Å². The van der Waals surface area contributed by atoms with Crippen molar-refractivity contribution in [3.8, 4) is 11.3 Å². The van der Waals surface area contributed by atoms with Gasteiger partial charge in [0, 0.05) is 18.0 Å². The molecule has 0 spiro atoms. The molecule has 0 radical (unpaired) electrons. The summed E-state index contributed by atoms with van der Waals surface area (Å²) < 4.78 is 42.9. The Balaban J connectivity index is 1.78. The highest BCUT2D eigenvalue weighted by Crippen LogP contribution is 2.31. The number of anilines is 1. The third kappa shape index (κ3) is 5.84. The number of hydrogen-bond donors (Lipinski definition) is 1. The highest BCUT2D eigenvalue weighted by atomic mass is 19.4. The van der Waals surface area contributed by atoms with Gasteiger partial charge >= 0.3 is 12.1 Å². The topological polar surface area (TPSA) is 64.1 Å². The second-order valence-electron chi connectivity index (χ2n) is 7.80. The van der Waals surface area contributed by atoms with Crippen molar-refractivity contribution in [3.05, 3.63) is 77.6 Å². The number of pyridine rings is 2. The molecule has 0 saturated carbocycles. The number of nitrogens with zero attached hydrogens (tertiary/aromatic N) is 2. The second-order valence-corrected chi connectivity index (χ2v) is 7.80. The quantitative estimate of drug-likeness (QED) is 0.444. The van der Waals surface area contributed by atoms with Crippen LogP contribution >= 0.6 is 0 Å². The van der Waals surface area contributed by atoms with Gasteiger partial charge in [-0.3, -0.25) is 4.98 Å². The third-order valence-corrected chi connectivity index (χ3v) is 4.91. The molecule has 1 atom stereocenters. The zero-order chi connectivity index (χ0) is 23.3. The number of benzene rings is 1. The highest BCUT2D eigenvalue weighted by molar-refractivity contribution is 5.89. The van der Waals surface area contributed by atoms with Crippen molar-refractivity contribution in [2.24, 2.45) is 5.92 Å². The molecule has 0 aliphatic carbocycles. The van der Waals surface area contributed by atoms with E-state index >= 15 is 0 Å². The maximum atomic E-state index is 12.8. The zero-order valence-electron chi connectivity index (χ0n) is 18.0. The lowest BCUT2D eigenvalue weighted by atomic mass is 9.95. The van der Waals surface area contributed by atoms with Gasteiger partial charge in [-0.1, -0.05) is 38.1 Å². The molecule has 2 heterocycles. The van der Waals surface area contributed by atoms with E-state index in [1.165, 1.54) is 19.4 Å². The standard InChI is InChI=1S/C24H24F3N3O2/c1-15(2)12-21(30-22-11-8-18(13-29-22)23(31)32-3)17-6-4-16(5-7-17)20-10-9-19(14-28-20)24(25,26)27/h4-11,13-15,21H,12H2,1-3H3,(H,29,30)/t21-/m0/s1. The van der Waals surface area contributed by atoms with Crippen molar-refractivity contribution in [1.29, 1.82) is 0 Å². The van der Waals surface area contributed by atoms with Crippen LogP contribution in [0.15, 0.2) is 60.9 Å². The molecule has 0 bridgehead atoms. The van der Waals surface area contributed by atoms with Crippen LogP contribution in [0.1, 0.15) is 47.8 Å². The Morgan fingerprint density at radius 2 is 1.72 bits per heavy atom. The Bertz CT molecular complexity index is 1030. The van der Waals surface area contributed by atoms with E-state index in [0.29, 0.717) is 23.0 Å². The minimum absolute atomic E-state index is 0.0407. The van der Waals surface area contributed by atoms with Gasteiger partial charge < -0.3 is 10.1 Å². The molecule has 5 nitrogen and oxygen atoms in total. The number of carbonyl (C=O) groups is 1. The first-order chi connectivity index (χ1) is 15.2. The van der Waals surface area contributed by atoms with Crippen LogP contribution in [0.3, 0.4) is 0 Å². The number of alkyl halides is 3. The van der Waals surface area contributed by atoms with E-state index in [1.54, 1.807) is 12.1 Å². The molecule has 0 unspecified atom stereocenters. The smallest absolute Gasteiger partial charge is 0.417 e. The Morgan fingerprint density at radius 1 is 1.00 bits per heavy atom. The summed E-state index contributed by atoms with van der Waals surface area (Å²) in [5.74, 6) is 0.574. The van der Waals surface area contributed by atoms with Crippen LogP contribution in [0, 0.1) is 5.92 Å². The highest BCUT2D eigenvalue weighted by Gasteiger charge is 2.30. The summed E-state index contributed by atoms with van der Waals surface area (Å²) in [7, 11) is 1.32. The van der Waals surface area contributed by atoms with E-state index in [0.717, 1.165) is 29.8 Å². The second kappa shape index (κ2) is 9.80. The first kappa shape index (κ1) is 23.2. The predicted octanol–water partition coefficient (Wildman–Crippen LogP) is 6.15. The summed E-state index contributed by atoms with van der Waals surface area (Å²) in [6, 6.07) is 13.3. The number of ether oxygens (including phenoxy) is 1. The van der Waals surface area contributed by atoms with Crippen molar-refractivity contribution < 1.29 is 22.7 Å². The largest absolute Gasteiger partial charge is 0.465 e. The molecule has 168 valence electrons. The fraction of sp³-hybridized carbons (Fsp3) is 0.292. The van der Waals surface area contributed by atoms with Gasteiger partial charge in [-0.05, 0) is 42.2 Å². The number of halogens is 3. The minimum Gasteiger partial charge on any atom is -0.465 e. The van der Waals surface area contributed by atoms with E-state index < -0.39 is 17.7 Å². The van der Waals surface area contributed by atoms with Crippen LogP contribution in [-0.2, 0) is 10.9 Å². The Kier molecular flexibility index (Phi) is 7.12. The molecule has 0 amide bonds. The fourth-order valence-electron chi connectivity index (χ4n) is 3.26. The van der Waals surface area contributed by atoms with Crippen LogP contribution < -0.4 is 5.32 Å². The molecular formula is C24H24F3N3O2. The van der Waals surface area contributed by atoms with Crippen LogP contribution in [-0.4, -0.2) is 23.0 Å². The minimum atomic E-state index is -4.41. The molecular weight excluding hydrogens is 419 g/mol. The summed E-state index contributed by atoms with van der Waals surface area (Å²) in [6.07, 6.45) is -1.28. The summed E-state index contributed by atoms with van der Waals surface area (Å²) in [5, 5.41) is 3.39. The molecule has 32 heavy (non-hydrogen) atoms. The van der Waals surface area contributed by atoms with Crippen LogP contribution in [0.2, 0.25) is 0 Å². The molecule has 2 aromatic heterocycles. The Morgan fingerprint density at radius 3 is 2.22 bits per heavy atom. The van der Waals surface area contributed by atoms with E-state index in [4.69, 9.17) is 0 Å². The van der Waals surface area contributed by atoms with Crippen molar-refractivity contribution >= 4 is 11.8 Å². The van der Waals surface area contributed by atoms with Gasteiger partial charge in [0.1, 0.15) is 5.82 Å².